The Hall–Kier alpha value is -1.15. The first-order chi connectivity index (χ1) is 7.72. The monoisotopic (exact) mass is 217 g/mol. The van der Waals surface area contributed by atoms with Crippen molar-refractivity contribution in [2.75, 3.05) is 0 Å². The van der Waals surface area contributed by atoms with Gasteiger partial charge >= 0.3 is 0 Å². The van der Waals surface area contributed by atoms with E-state index in [4.69, 9.17) is 5.73 Å². The van der Waals surface area contributed by atoms with Crippen LogP contribution < -0.4 is 5.73 Å². The molecule has 1 saturated carbocycles. The molecule has 1 aromatic rings. The average Bonchev–Trinajstić information content (AvgIpc) is 2.74. The molecule has 1 fully saturated rings. The van der Waals surface area contributed by atoms with Crippen molar-refractivity contribution in [1.29, 1.82) is 0 Å². The van der Waals surface area contributed by atoms with Crippen LogP contribution in [0.25, 0.3) is 0 Å². The van der Waals surface area contributed by atoms with Gasteiger partial charge in [-0.15, -0.1) is 0 Å². The molecule has 2 unspecified atom stereocenters. The van der Waals surface area contributed by atoms with Crippen LogP contribution in [0.2, 0.25) is 0 Å². The summed E-state index contributed by atoms with van der Waals surface area (Å²) < 4.78 is 0. The number of carbonyl (C=O) groups is 1. The minimum atomic E-state index is 0.0482. The summed E-state index contributed by atoms with van der Waals surface area (Å²) in [7, 11) is 0. The van der Waals surface area contributed by atoms with E-state index in [-0.39, 0.29) is 17.7 Å². The molecule has 0 aliphatic heterocycles. The maximum Gasteiger partial charge on any atom is 0.167 e. The first-order valence-corrected chi connectivity index (χ1v) is 6.11. The lowest BCUT2D eigenvalue weighted by Gasteiger charge is -2.14. The highest BCUT2D eigenvalue weighted by Gasteiger charge is 2.30. The van der Waals surface area contributed by atoms with Crippen molar-refractivity contribution in [1.82, 2.24) is 0 Å². The van der Waals surface area contributed by atoms with Gasteiger partial charge in [0.25, 0.3) is 0 Å². The van der Waals surface area contributed by atoms with E-state index in [2.05, 4.69) is 13.0 Å². The van der Waals surface area contributed by atoms with E-state index in [0.717, 1.165) is 31.2 Å². The average molecular weight is 217 g/mol. The van der Waals surface area contributed by atoms with Crippen LogP contribution in [0.3, 0.4) is 0 Å². The topological polar surface area (TPSA) is 43.1 Å². The van der Waals surface area contributed by atoms with Crippen LogP contribution in [0, 0.1) is 5.92 Å². The van der Waals surface area contributed by atoms with Gasteiger partial charge < -0.3 is 5.73 Å². The first-order valence-electron chi connectivity index (χ1n) is 6.11. The van der Waals surface area contributed by atoms with Gasteiger partial charge in [0.2, 0.25) is 0 Å². The van der Waals surface area contributed by atoms with Gasteiger partial charge in [0.15, 0.2) is 5.78 Å². The summed E-state index contributed by atoms with van der Waals surface area (Å²) in [5.41, 5.74) is 8.02. The standard InChI is InChI=1S/C14H19NO/c1-2-10-5-3-6-11(9-10)14(16)12-7-4-8-13(12)15/h3,5-6,9,12-13H,2,4,7-8,15H2,1H3. The van der Waals surface area contributed by atoms with Gasteiger partial charge in [-0.1, -0.05) is 31.5 Å². The predicted octanol–water partition coefficient (Wildman–Crippen LogP) is 2.56. The number of benzene rings is 1. The number of nitrogens with two attached hydrogens (primary N) is 1. The third kappa shape index (κ3) is 2.17. The molecular weight excluding hydrogens is 198 g/mol. The molecular formula is C14H19NO. The third-order valence-electron chi connectivity index (χ3n) is 3.53. The molecule has 2 nitrogen and oxygen atoms in total. The van der Waals surface area contributed by atoms with Crippen LogP contribution in [0.4, 0.5) is 0 Å². The summed E-state index contributed by atoms with van der Waals surface area (Å²) in [5, 5.41) is 0. The summed E-state index contributed by atoms with van der Waals surface area (Å²) in [5.74, 6) is 0.285. The molecule has 1 aliphatic carbocycles. The fourth-order valence-corrected chi connectivity index (χ4v) is 2.47. The van der Waals surface area contributed by atoms with E-state index in [1.165, 1.54) is 5.56 Å². The number of hydrogen-bond donors (Lipinski definition) is 1. The molecule has 0 spiro atoms. The van der Waals surface area contributed by atoms with Gasteiger partial charge in [0, 0.05) is 17.5 Å². The van der Waals surface area contributed by atoms with Crippen LogP contribution in [-0.2, 0) is 6.42 Å². The Bertz CT molecular complexity index is 386. The minimum absolute atomic E-state index is 0.0482. The Morgan fingerprint density at radius 2 is 2.25 bits per heavy atom. The highest BCUT2D eigenvalue weighted by Crippen LogP contribution is 2.27. The zero-order chi connectivity index (χ0) is 11.5. The molecule has 1 aromatic carbocycles. The summed E-state index contributed by atoms with van der Waals surface area (Å²) in [6, 6.07) is 8.01. The fourth-order valence-electron chi connectivity index (χ4n) is 2.47. The number of carbonyl (C=O) groups excluding carboxylic acids is 1. The molecule has 86 valence electrons. The second kappa shape index (κ2) is 4.79. The first kappa shape index (κ1) is 11.3. The van der Waals surface area contributed by atoms with Crippen molar-refractivity contribution < 1.29 is 4.79 Å². The minimum Gasteiger partial charge on any atom is -0.327 e. The van der Waals surface area contributed by atoms with Gasteiger partial charge in [0.1, 0.15) is 0 Å². The Labute approximate surface area is 96.8 Å². The van der Waals surface area contributed by atoms with Crippen molar-refractivity contribution in [3.8, 4) is 0 Å². The largest absolute Gasteiger partial charge is 0.327 e. The maximum absolute atomic E-state index is 12.2. The Balaban J connectivity index is 2.19. The molecule has 2 atom stereocenters. The quantitative estimate of drug-likeness (QED) is 0.791. The van der Waals surface area contributed by atoms with E-state index >= 15 is 0 Å². The smallest absolute Gasteiger partial charge is 0.167 e. The molecule has 0 radical (unpaired) electrons. The second-order valence-electron chi connectivity index (χ2n) is 4.62. The highest BCUT2D eigenvalue weighted by atomic mass is 16.1. The lowest BCUT2D eigenvalue weighted by atomic mass is 9.92. The molecule has 0 amide bonds. The Kier molecular flexibility index (Phi) is 3.39. The van der Waals surface area contributed by atoms with Gasteiger partial charge in [-0.3, -0.25) is 4.79 Å². The van der Waals surface area contributed by atoms with Gasteiger partial charge in [-0.05, 0) is 30.9 Å². The third-order valence-corrected chi connectivity index (χ3v) is 3.53. The van der Waals surface area contributed by atoms with E-state index in [1.807, 2.05) is 18.2 Å². The molecule has 16 heavy (non-hydrogen) atoms. The lowest BCUT2D eigenvalue weighted by molar-refractivity contribution is 0.0913. The number of ketones is 1. The normalized spacial score (nSPS) is 24.6. The molecule has 0 aromatic heterocycles. The van der Waals surface area contributed by atoms with E-state index < -0.39 is 0 Å². The molecule has 0 bridgehead atoms. The molecule has 2 rings (SSSR count). The molecule has 1 aliphatic rings. The second-order valence-corrected chi connectivity index (χ2v) is 4.62. The Morgan fingerprint density at radius 3 is 2.88 bits per heavy atom. The number of Topliss-reactive ketones (excluding diaryl/α,β-unsaturated/α-hetero) is 1. The van der Waals surface area contributed by atoms with Crippen LogP contribution >= 0.6 is 0 Å². The number of hydrogen-bond acceptors (Lipinski definition) is 2. The summed E-state index contributed by atoms with van der Waals surface area (Å²) in [6.45, 7) is 2.10. The maximum atomic E-state index is 12.2. The predicted molar refractivity (Wildman–Crippen MR) is 65.5 cm³/mol. The van der Waals surface area contributed by atoms with E-state index in [1.54, 1.807) is 0 Å². The van der Waals surface area contributed by atoms with Crippen molar-refractivity contribution in [2.45, 2.75) is 38.6 Å². The van der Waals surface area contributed by atoms with Gasteiger partial charge in [-0.2, -0.15) is 0 Å². The number of rotatable bonds is 3. The zero-order valence-corrected chi connectivity index (χ0v) is 9.78. The zero-order valence-electron chi connectivity index (χ0n) is 9.78. The van der Waals surface area contributed by atoms with E-state index in [9.17, 15) is 4.79 Å². The van der Waals surface area contributed by atoms with Crippen LogP contribution in [0.15, 0.2) is 24.3 Å². The van der Waals surface area contributed by atoms with Crippen molar-refractivity contribution in [3.05, 3.63) is 35.4 Å². The molecule has 0 saturated heterocycles. The van der Waals surface area contributed by atoms with E-state index in [0.29, 0.717) is 0 Å². The summed E-state index contributed by atoms with van der Waals surface area (Å²) in [4.78, 5) is 12.2. The molecule has 2 heteroatoms. The SMILES string of the molecule is CCc1cccc(C(=O)C2CCCC2N)c1. The van der Waals surface area contributed by atoms with Crippen LogP contribution in [0.5, 0.6) is 0 Å². The molecule has 2 N–H and O–H groups in total. The fraction of sp³-hybridized carbons (Fsp3) is 0.500. The van der Waals surface area contributed by atoms with Crippen molar-refractivity contribution in [2.24, 2.45) is 11.7 Å². The van der Waals surface area contributed by atoms with Crippen molar-refractivity contribution >= 4 is 5.78 Å². The lowest BCUT2D eigenvalue weighted by Crippen LogP contribution is -2.30. The van der Waals surface area contributed by atoms with Crippen molar-refractivity contribution in [3.63, 3.8) is 0 Å². The summed E-state index contributed by atoms with van der Waals surface area (Å²) in [6.07, 6.45) is 4.00. The summed E-state index contributed by atoms with van der Waals surface area (Å²) >= 11 is 0. The number of aryl methyl sites for hydroxylation is 1. The van der Waals surface area contributed by atoms with Gasteiger partial charge in [-0.25, -0.2) is 0 Å². The van der Waals surface area contributed by atoms with Gasteiger partial charge in [0.05, 0.1) is 0 Å². The van der Waals surface area contributed by atoms with Crippen LogP contribution in [0.1, 0.15) is 42.1 Å². The van der Waals surface area contributed by atoms with Crippen LogP contribution in [-0.4, -0.2) is 11.8 Å². The Morgan fingerprint density at radius 1 is 1.44 bits per heavy atom. The molecule has 0 heterocycles. The highest BCUT2D eigenvalue weighted by molar-refractivity contribution is 5.98.